The van der Waals surface area contributed by atoms with Crippen LogP contribution in [0.4, 0.5) is 0 Å². The number of carboxylic acid groups (broad SMARTS) is 1. The Morgan fingerprint density at radius 3 is 2.11 bits per heavy atom. The monoisotopic (exact) mass is 380 g/mol. The second-order valence-corrected chi connectivity index (χ2v) is 6.05. The van der Waals surface area contributed by atoms with Gasteiger partial charge in [-0.05, 0) is 50.2 Å². The highest BCUT2D eigenvalue weighted by molar-refractivity contribution is 6.31. The summed E-state index contributed by atoms with van der Waals surface area (Å²) in [6.45, 7) is 7.33. The van der Waals surface area contributed by atoms with Crippen molar-refractivity contribution in [1.29, 1.82) is 0 Å². The molecule has 0 aliphatic rings. The average molecular weight is 380 g/mol. The first-order valence-electron chi connectivity index (χ1n) is 9.17. The fourth-order valence-electron chi connectivity index (χ4n) is 2.26. The summed E-state index contributed by atoms with van der Waals surface area (Å²) in [5, 5.41) is 8.44. The molecule has 0 aliphatic carbocycles. The summed E-state index contributed by atoms with van der Waals surface area (Å²) < 4.78 is 5.32. The summed E-state index contributed by atoms with van der Waals surface area (Å²) in [7, 11) is 0. The molecule has 1 aromatic rings. The van der Waals surface area contributed by atoms with Gasteiger partial charge in [0.15, 0.2) is 5.75 Å². The summed E-state index contributed by atoms with van der Waals surface area (Å²) in [4.78, 5) is 40.5. The van der Waals surface area contributed by atoms with Crippen LogP contribution < -0.4 is 10.3 Å². The lowest BCUT2D eigenvalue weighted by Crippen LogP contribution is -2.33. The number of carbonyl (C=O) groups is 3. The van der Waals surface area contributed by atoms with Gasteiger partial charge in [0.2, 0.25) is 0 Å². The first-order chi connectivity index (χ1) is 13.0. The van der Waals surface area contributed by atoms with Crippen LogP contribution in [0.2, 0.25) is 0 Å². The maximum absolute atomic E-state index is 12.1. The van der Waals surface area contributed by atoms with Crippen molar-refractivity contribution in [3.05, 3.63) is 29.8 Å². The molecule has 0 fully saturated rings. The molecule has 0 atom stereocenters. The lowest BCUT2D eigenvalue weighted by atomic mass is 10.2. The SMILES string of the molecule is CCCCN(CCCC)CCOC(=O)c1ccc(ONC(=O)C(=O)O)cc1. The van der Waals surface area contributed by atoms with E-state index in [4.69, 9.17) is 14.7 Å². The van der Waals surface area contributed by atoms with E-state index in [-0.39, 0.29) is 5.75 Å². The molecule has 2 N–H and O–H groups in total. The summed E-state index contributed by atoms with van der Waals surface area (Å²) in [6.07, 6.45) is 4.50. The first kappa shape index (κ1) is 22.4. The number of esters is 1. The average Bonchev–Trinajstić information content (AvgIpc) is 2.67. The van der Waals surface area contributed by atoms with E-state index in [1.807, 2.05) is 0 Å². The van der Waals surface area contributed by atoms with Crippen molar-refractivity contribution in [3.8, 4) is 5.75 Å². The molecule has 0 bridgehead atoms. The minimum absolute atomic E-state index is 0.200. The topological polar surface area (TPSA) is 105 Å². The third kappa shape index (κ3) is 9.05. The number of unbranched alkanes of at least 4 members (excludes halogenated alkanes) is 2. The molecule has 0 saturated carbocycles. The van der Waals surface area contributed by atoms with Crippen LogP contribution in [0.15, 0.2) is 24.3 Å². The fraction of sp³-hybridized carbons (Fsp3) is 0.526. The quantitative estimate of drug-likeness (QED) is 0.325. The van der Waals surface area contributed by atoms with Gasteiger partial charge in [0.1, 0.15) is 6.61 Å². The molecule has 0 aliphatic heterocycles. The number of carboxylic acids is 1. The number of hydrogen-bond acceptors (Lipinski definition) is 6. The fourth-order valence-corrected chi connectivity index (χ4v) is 2.26. The molecular formula is C19H28N2O6. The Bertz CT molecular complexity index is 595. The van der Waals surface area contributed by atoms with Crippen molar-refractivity contribution in [2.75, 3.05) is 26.2 Å². The molecule has 1 amide bonds. The van der Waals surface area contributed by atoms with E-state index < -0.39 is 17.8 Å². The Kier molecular flexibility index (Phi) is 10.5. The molecular weight excluding hydrogens is 352 g/mol. The van der Waals surface area contributed by atoms with Crippen LogP contribution in [0.5, 0.6) is 5.75 Å². The van der Waals surface area contributed by atoms with E-state index >= 15 is 0 Å². The molecule has 0 spiro atoms. The van der Waals surface area contributed by atoms with Crippen molar-refractivity contribution >= 4 is 17.8 Å². The Labute approximate surface area is 159 Å². The molecule has 0 unspecified atom stereocenters. The molecule has 1 rings (SSSR count). The number of amides is 1. The van der Waals surface area contributed by atoms with Gasteiger partial charge in [-0.2, -0.15) is 5.48 Å². The Hall–Kier alpha value is -2.61. The smallest absolute Gasteiger partial charge is 0.397 e. The predicted molar refractivity (Wildman–Crippen MR) is 99.4 cm³/mol. The molecule has 8 nitrogen and oxygen atoms in total. The van der Waals surface area contributed by atoms with Crippen LogP contribution in [0, 0.1) is 0 Å². The summed E-state index contributed by atoms with van der Waals surface area (Å²) in [5.41, 5.74) is 2.11. The maximum Gasteiger partial charge on any atom is 0.397 e. The Balaban J connectivity index is 2.42. The minimum atomic E-state index is -1.65. The molecule has 0 heterocycles. The molecule has 27 heavy (non-hydrogen) atoms. The zero-order valence-corrected chi connectivity index (χ0v) is 15.9. The lowest BCUT2D eigenvalue weighted by Gasteiger charge is -2.21. The van der Waals surface area contributed by atoms with Crippen molar-refractivity contribution in [2.45, 2.75) is 39.5 Å². The van der Waals surface area contributed by atoms with Gasteiger partial charge in [0, 0.05) is 6.54 Å². The van der Waals surface area contributed by atoms with E-state index in [1.54, 1.807) is 5.48 Å². The van der Waals surface area contributed by atoms with Gasteiger partial charge in [-0.25, -0.2) is 9.59 Å². The molecule has 0 saturated heterocycles. The number of nitrogens with zero attached hydrogens (tertiary/aromatic N) is 1. The molecule has 150 valence electrons. The summed E-state index contributed by atoms with van der Waals surface area (Å²) in [6, 6.07) is 5.84. The van der Waals surface area contributed by atoms with E-state index in [2.05, 4.69) is 18.7 Å². The highest BCUT2D eigenvalue weighted by atomic mass is 16.7. The predicted octanol–water partition coefficient (Wildman–Crippen LogP) is 2.24. The van der Waals surface area contributed by atoms with Gasteiger partial charge in [0.05, 0.1) is 5.56 Å². The van der Waals surface area contributed by atoms with E-state index in [0.717, 1.165) is 38.8 Å². The van der Waals surface area contributed by atoms with Crippen molar-refractivity contribution < 1.29 is 29.1 Å². The van der Waals surface area contributed by atoms with Gasteiger partial charge in [-0.1, -0.05) is 26.7 Å². The van der Waals surface area contributed by atoms with Gasteiger partial charge in [-0.3, -0.25) is 9.69 Å². The second kappa shape index (κ2) is 12.7. The first-order valence-corrected chi connectivity index (χ1v) is 9.17. The molecule has 1 aromatic carbocycles. The zero-order valence-electron chi connectivity index (χ0n) is 15.9. The van der Waals surface area contributed by atoms with Gasteiger partial charge in [0.25, 0.3) is 0 Å². The van der Waals surface area contributed by atoms with Crippen LogP contribution >= 0.6 is 0 Å². The van der Waals surface area contributed by atoms with Gasteiger partial charge in [-0.15, -0.1) is 0 Å². The van der Waals surface area contributed by atoms with Crippen LogP contribution in [0.1, 0.15) is 49.9 Å². The third-order valence-electron chi connectivity index (χ3n) is 3.84. The molecule has 8 heteroatoms. The minimum Gasteiger partial charge on any atom is -0.474 e. The highest BCUT2D eigenvalue weighted by Crippen LogP contribution is 2.12. The van der Waals surface area contributed by atoms with Crippen LogP contribution in [0.25, 0.3) is 0 Å². The van der Waals surface area contributed by atoms with Crippen LogP contribution in [-0.2, 0) is 14.3 Å². The lowest BCUT2D eigenvalue weighted by molar-refractivity contribution is -0.153. The number of nitrogens with one attached hydrogen (secondary N) is 1. The molecule has 0 aromatic heterocycles. The van der Waals surface area contributed by atoms with E-state index in [1.165, 1.54) is 24.3 Å². The molecule has 0 radical (unpaired) electrons. The number of hydrogen-bond donors (Lipinski definition) is 2. The standard InChI is InChI=1S/C19H28N2O6/c1-3-5-11-21(12-6-4-2)13-14-26-19(25)15-7-9-16(10-8-15)27-20-17(22)18(23)24/h7-10H,3-6,11-14H2,1-2H3,(H,20,22)(H,23,24). The number of hydroxylamine groups is 1. The van der Waals surface area contributed by atoms with Crippen molar-refractivity contribution in [3.63, 3.8) is 0 Å². The number of ether oxygens (including phenoxy) is 1. The van der Waals surface area contributed by atoms with E-state index in [9.17, 15) is 14.4 Å². The van der Waals surface area contributed by atoms with Crippen LogP contribution in [0.3, 0.4) is 0 Å². The van der Waals surface area contributed by atoms with Crippen molar-refractivity contribution in [1.82, 2.24) is 10.4 Å². The largest absolute Gasteiger partial charge is 0.474 e. The second-order valence-electron chi connectivity index (χ2n) is 6.05. The summed E-state index contributed by atoms with van der Waals surface area (Å²) in [5.74, 6) is -3.18. The maximum atomic E-state index is 12.1. The van der Waals surface area contributed by atoms with Gasteiger partial charge >= 0.3 is 17.8 Å². The van der Waals surface area contributed by atoms with Crippen LogP contribution in [-0.4, -0.2) is 54.1 Å². The zero-order chi connectivity index (χ0) is 20.1. The normalized spacial score (nSPS) is 10.5. The number of benzene rings is 1. The Morgan fingerprint density at radius 1 is 1.00 bits per heavy atom. The number of carbonyl (C=O) groups excluding carboxylic acids is 2. The van der Waals surface area contributed by atoms with Gasteiger partial charge < -0.3 is 14.7 Å². The number of rotatable bonds is 12. The van der Waals surface area contributed by atoms with Crippen molar-refractivity contribution in [2.24, 2.45) is 0 Å². The Morgan fingerprint density at radius 2 is 1.59 bits per heavy atom. The third-order valence-corrected chi connectivity index (χ3v) is 3.84. The summed E-state index contributed by atoms with van der Waals surface area (Å²) >= 11 is 0. The highest BCUT2D eigenvalue weighted by Gasteiger charge is 2.12. The number of aliphatic carboxylic acids is 1. The van der Waals surface area contributed by atoms with E-state index in [0.29, 0.717) is 18.7 Å².